The van der Waals surface area contributed by atoms with Gasteiger partial charge in [0.15, 0.2) is 0 Å². The molecule has 0 radical (unpaired) electrons. The molecule has 0 unspecified atom stereocenters. The fourth-order valence-corrected chi connectivity index (χ4v) is 0.487. The lowest BCUT2D eigenvalue weighted by atomic mass is 9.96. The molecule has 0 fully saturated rings. The second-order valence-corrected chi connectivity index (χ2v) is 3.35. The topological polar surface area (TPSA) is 0 Å². The molecule has 0 aliphatic rings. The first-order valence-electron chi connectivity index (χ1n) is 3.53. The van der Waals surface area contributed by atoms with Crippen LogP contribution in [-0.2, 0) is 0 Å². The molecule has 0 heterocycles. The second-order valence-electron chi connectivity index (χ2n) is 3.35. The Labute approximate surface area is 64.0 Å². The van der Waals surface area contributed by atoms with Gasteiger partial charge < -0.3 is 0 Å². The minimum absolute atomic E-state index is 0.283. The van der Waals surface area contributed by atoms with Gasteiger partial charge in [-0.15, -0.1) is 0 Å². The highest BCUT2D eigenvalue weighted by atomic mass is 14.1. The maximum absolute atomic E-state index is 3.57. The van der Waals surface area contributed by atoms with Crippen molar-refractivity contribution in [3.8, 4) is 0 Å². The summed E-state index contributed by atoms with van der Waals surface area (Å²) in [5.41, 5.74) is 0.283. The molecule has 0 aromatic heterocycles. The molecule has 0 nitrogen and oxygen atoms in total. The lowest BCUT2D eigenvalue weighted by Gasteiger charge is -2.09. The molecule has 56 valence electrons. The van der Waals surface area contributed by atoms with Crippen molar-refractivity contribution in [3.63, 3.8) is 0 Å². The van der Waals surface area contributed by atoms with E-state index in [0.717, 1.165) is 0 Å². The van der Waals surface area contributed by atoms with Gasteiger partial charge in [-0.3, -0.25) is 0 Å². The van der Waals surface area contributed by atoms with Crippen molar-refractivity contribution in [1.29, 1.82) is 0 Å². The van der Waals surface area contributed by atoms with Crippen LogP contribution in [0.5, 0.6) is 0 Å². The van der Waals surface area contributed by atoms with E-state index in [1.165, 1.54) is 0 Å². The summed E-state index contributed by atoms with van der Waals surface area (Å²) in [4.78, 5) is 0. The fraction of sp³-hybridized carbons (Fsp3) is 0.400. The third-order valence-corrected chi connectivity index (χ3v) is 0.955. The maximum Gasteiger partial charge on any atom is -0.0200 e. The van der Waals surface area contributed by atoms with Crippen LogP contribution in [0, 0.1) is 5.41 Å². The molecule has 0 saturated heterocycles. The summed E-state index contributed by atoms with van der Waals surface area (Å²) in [5, 5.41) is 0. The van der Waals surface area contributed by atoms with Crippen LogP contribution in [0.25, 0.3) is 0 Å². The van der Waals surface area contributed by atoms with Crippen molar-refractivity contribution in [2.75, 3.05) is 0 Å². The number of hydrogen-bond donors (Lipinski definition) is 0. The predicted molar refractivity (Wildman–Crippen MR) is 47.9 cm³/mol. The Kier molecular flexibility index (Phi) is 3.78. The van der Waals surface area contributed by atoms with Gasteiger partial charge in [-0.25, -0.2) is 0 Å². The summed E-state index contributed by atoms with van der Waals surface area (Å²) in [7, 11) is 0. The monoisotopic (exact) mass is 136 g/mol. The van der Waals surface area contributed by atoms with Crippen LogP contribution in [0.15, 0.2) is 37.0 Å². The zero-order chi connectivity index (χ0) is 8.04. The molecule has 0 atom stereocenters. The molecule has 10 heavy (non-hydrogen) atoms. The van der Waals surface area contributed by atoms with Crippen LogP contribution in [0.2, 0.25) is 0 Å². The van der Waals surface area contributed by atoms with Crippen LogP contribution in [0.3, 0.4) is 0 Å². The third kappa shape index (κ3) is 7.22. The molecule has 0 heteroatoms. The summed E-state index contributed by atoms with van der Waals surface area (Å²) in [6, 6.07) is 0. The SMILES string of the molecule is C=C/C=C/C=C/C(C)(C)C. The number of allylic oxidation sites excluding steroid dienone is 5. The van der Waals surface area contributed by atoms with Crippen LogP contribution in [-0.4, -0.2) is 0 Å². The van der Waals surface area contributed by atoms with Crippen molar-refractivity contribution in [2.45, 2.75) is 20.8 Å². The molecule has 0 aromatic rings. The number of hydrogen-bond acceptors (Lipinski definition) is 0. The van der Waals surface area contributed by atoms with Crippen LogP contribution < -0.4 is 0 Å². The first-order chi connectivity index (χ1) is 4.56. The molecule has 0 saturated carbocycles. The summed E-state index contributed by atoms with van der Waals surface area (Å²) in [5.74, 6) is 0. The average molecular weight is 136 g/mol. The van der Waals surface area contributed by atoms with E-state index in [-0.39, 0.29) is 5.41 Å². The summed E-state index contributed by atoms with van der Waals surface area (Å²) < 4.78 is 0. The van der Waals surface area contributed by atoms with Gasteiger partial charge in [0.05, 0.1) is 0 Å². The average Bonchev–Trinajstić information content (AvgIpc) is 1.78. The number of rotatable bonds is 2. The van der Waals surface area contributed by atoms with Crippen LogP contribution >= 0.6 is 0 Å². The van der Waals surface area contributed by atoms with Crippen molar-refractivity contribution >= 4 is 0 Å². The van der Waals surface area contributed by atoms with E-state index >= 15 is 0 Å². The van der Waals surface area contributed by atoms with E-state index in [2.05, 4.69) is 33.4 Å². The van der Waals surface area contributed by atoms with Crippen molar-refractivity contribution < 1.29 is 0 Å². The van der Waals surface area contributed by atoms with Gasteiger partial charge in [-0.2, -0.15) is 0 Å². The highest BCUT2D eigenvalue weighted by Gasteiger charge is 2.01. The quantitative estimate of drug-likeness (QED) is 0.511. The van der Waals surface area contributed by atoms with Crippen LogP contribution in [0.1, 0.15) is 20.8 Å². The highest BCUT2D eigenvalue weighted by molar-refractivity contribution is 5.10. The fourth-order valence-electron chi connectivity index (χ4n) is 0.487. The highest BCUT2D eigenvalue weighted by Crippen LogP contribution is 2.13. The summed E-state index contributed by atoms with van der Waals surface area (Å²) in [6.45, 7) is 10.1. The Morgan fingerprint density at radius 1 is 1.00 bits per heavy atom. The molecule has 0 aliphatic heterocycles. The molecule has 0 aliphatic carbocycles. The Bertz CT molecular complexity index is 142. The molecule has 0 spiro atoms. The molecular formula is C10H16. The predicted octanol–water partition coefficient (Wildman–Crippen LogP) is 3.33. The smallest absolute Gasteiger partial charge is 0.0200 e. The third-order valence-electron chi connectivity index (χ3n) is 0.955. The van der Waals surface area contributed by atoms with Gasteiger partial charge in [0, 0.05) is 0 Å². The van der Waals surface area contributed by atoms with Gasteiger partial charge >= 0.3 is 0 Å². The zero-order valence-corrected chi connectivity index (χ0v) is 7.09. The summed E-state index contributed by atoms with van der Waals surface area (Å²) in [6.07, 6.45) is 9.88. The second kappa shape index (κ2) is 4.10. The zero-order valence-electron chi connectivity index (χ0n) is 7.09. The Hall–Kier alpha value is -0.780. The minimum atomic E-state index is 0.283. The molecule has 0 amide bonds. The minimum Gasteiger partial charge on any atom is -0.0991 e. The van der Waals surface area contributed by atoms with Gasteiger partial charge in [0.1, 0.15) is 0 Å². The Morgan fingerprint density at radius 2 is 1.60 bits per heavy atom. The molecule has 0 N–H and O–H groups in total. The Morgan fingerprint density at radius 3 is 2.00 bits per heavy atom. The lowest BCUT2D eigenvalue weighted by molar-refractivity contribution is 0.544. The Balaban J connectivity index is 3.77. The molecular weight excluding hydrogens is 120 g/mol. The van der Waals surface area contributed by atoms with Gasteiger partial charge in [0.2, 0.25) is 0 Å². The normalized spacial score (nSPS) is 13.1. The lowest BCUT2D eigenvalue weighted by Crippen LogP contribution is -1.97. The van der Waals surface area contributed by atoms with Gasteiger partial charge in [-0.05, 0) is 5.41 Å². The van der Waals surface area contributed by atoms with E-state index in [0.29, 0.717) is 0 Å². The standard InChI is InChI=1S/C10H16/c1-5-6-7-8-9-10(2,3)4/h5-9H,1H2,2-4H3/b7-6+,9-8+. The largest absolute Gasteiger partial charge is 0.0991 e. The summed E-state index contributed by atoms with van der Waals surface area (Å²) >= 11 is 0. The van der Waals surface area contributed by atoms with Crippen molar-refractivity contribution in [3.05, 3.63) is 37.0 Å². The van der Waals surface area contributed by atoms with Gasteiger partial charge in [0.25, 0.3) is 0 Å². The van der Waals surface area contributed by atoms with Crippen molar-refractivity contribution in [2.24, 2.45) is 5.41 Å². The van der Waals surface area contributed by atoms with Gasteiger partial charge in [-0.1, -0.05) is 57.7 Å². The molecule has 0 rings (SSSR count). The molecule has 0 bridgehead atoms. The molecule has 0 aromatic carbocycles. The maximum atomic E-state index is 3.57. The van der Waals surface area contributed by atoms with E-state index in [4.69, 9.17) is 0 Å². The van der Waals surface area contributed by atoms with Crippen LogP contribution in [0.4, 0.5) is 0 Å². The van der Waals surface area contributed by atoms with E-state index < -0.39 is 0 Å². The first kappa shape index (κ1) is 9.22. The van der Waals surface area contributed by atoms with E-state index in [9.17, 15) is 0 Å². The van der Waals surface area contributed by atoms with E-state index in [1.54, 1.807) is 6.08 Å². The van der Waals surface area contributed by atoms with Crippen molar-refractivity contribution in [1.82, 2.24) is 0 Å². The van der Waals surface area contributed by atoms with E-state index in [1.807, 2.05) is 18.2 Å². The first-order valence-corrected chi connectivity index (χ1v) is 3.53.